The van der Waals surface area contributed by atoms with Gasteiger partial charge in [-0.2, -0.15) is 0 Å². The molecule has 2 heterocycles. The second-order valence-electron chi connectivity index (χ2n) is 5.72. The first-order valence-electron chi connectivity index (χ1n) is 7.48. The largest absolute Gasteiger partial charge is 0.314 e. The molecule has 2 rings (SSSR count). The second-order valence-corrected chi connectivity index (χ2v) is 5.72. The number of nitrogens with one attached hydrogen (secondary N) is 1. The molecule has 0 bridgehead atoms. The third kappa shape index (κ3) is 3.85. The lowest BCUT2D eigenvalue weighted by Crippen LogP contribution is -2.25. The van der Waals surface area contributed by atoms with E-state index in [1.54, 1.807) is 6.20 Å². The molecular formula is C17H24N4. The van der Waals surface area contributed by atoms with Crippen LogP contribution >= 0.6 is 0 Å². The van der Waals surface area contributed by atoms with Crippen LogP contribution in [0.3, 0.4) is 0 Å². The van der Waals surface area contributed by atoms with E-state index in [0.717, 1.165) is 41.4 Å². The van der Waals surface area contributed by atoms with Gasteiger partial charge < -0.3 is 5.32 Å². The number of nitrogens with zero attached hydrogens (tertiary/aromatic N) is 3. The average molecular weight is 284 g/mol. The molecule has 0 aliphatic rings. The standard InChI is InChI=1S/C17H24N4/c1-11(2)18-10-8-15-13(4)20-17(21-14(15)5)16-12(3)7-6-9-19-16/h6-7,9,11,18H,8,10H2,1-5H3. The van der Waals surface area contributed by atoms with Crippen molar-refractivity contribution < 1.29 is 0 Å². The van der Waals surface area contributed by atoms with Gasteiger partial charge in [-0.3, -0.25) is 4.98 Å². The van der Waals surface area contributed by atoms with Crippen LogP contribution in [0.25, 0.3) is 11.5 Å². The Labute approximate surface area is 127 Å². The third-order valence-corrected chi connectivity index (χ3v) is 3.57. The summed E-state index contributed by atoms with van der Waals surface area (Å²) in [6.45, 7) is 11.4. The average Bonchev–Trinajstić information content (AvgIpc) is 2.42. The van der Waals surface area contributed by atoms with Crippen molar-refractivity contribution in [2.24, 2.45) is 0 Å². The Morgan fingerprint density at radius 2 is 1.76 bits per heavy atom. The molecule has 112 valence electrons. The molecule has 4 nitrogen and oxygen atoms in total. The van der Waals surface area contributed by atoms with E-state index in [1.807, 2.05) is 19.1 Å². The lowest BCUT2D eigenvalue weighted by Gasteiger charge is -2.13. The second kappa shape index (κ2) is 6.76. The Balaban J connectivity index is 2.27. The number of aromatic nitrogens is 3. The molecule has 4 heteroatoms. The van der Waals surface area contributed by atoms with Gasteiger partial charge >= 0.3 is 0 Å². The Morgan fingerprint density at radius 1 is 1.10 bits per heavy atom. The van der Waals surface area contributed by atoms with Crippen LogP contribution in [-0.4, -0.2) is 27.5 Å². The van der Waals surface area contributed by atoms with E-state index in [0.29, 0.717) is 6.04 Å². The van der Waals surface area contributed by atoms with Crippen LogP contribution in [0, 0.1) is 20.8 Å². The van der Waals surface area contributed by atoms with E-state index in [1.165, 1.54) is 5.56 Å². The van der Waals surface area contributed by atoms with Gasteiger partial charge in [0.05, 0.1) is 0 Å². The summed E-state index contributed by atoms with van der Waals surface area (Å²) >= 11 is 0. The topological polar surface area (TPSA) is 50.7 Å². The molecule has 0 fully saturated rings. The minimum atomic E-state index is 0.502. The molecule has 0 amide bonds. The van der Waals surface area contributed by atoms with Crippen molar-refractivity contribution in [3.05, 3.63) is 40.8 Å². The van der Waals surface area contributed by atoms with Crippen molar-refractivity contribution in [2.45, 2.75) is 47.1 Å². The molecule has 0 spiro atoms. The van der Waals surface area contributed by atoms with Crippen molar-refractivity contribution in [3.63, 3.8) is 0 Å². The predicted octanol–water partition coefficient (Wildman–Crippen LogP) is 3.00. The Hall–Kier alpha value is -1.81. The maximum absolute atomic E-state index is 4.66. The van der Waals surface area contributed by atoms with Crippen molar-refractivity contribution in [2.75, 3.05) is 6.54 Å². The van der Waals surface area contributed by atoms with Gasteiger partial charge in [-0.05, 0) is 50.9 Å². The van der Waals surface area contributed by atoms with Crippen molar-refractivity contribution >= 4 is 0 Å². The van der Waals surface area contributed by atoms with E-state index in [9.17, 15) is 0 Å². The van der Waals surface area contributed by atoms with Crippen molar-refractivity contribution in [1.82, 2.24) is 20.3 Å². The highest BCUT2D eigenvalue weighted by Gasteiger charge is 2.12. The van der Waals surface area contributed by atoms with Gasteiger partial charge in [-0.1, -0.05) is 19.9 Å². The maximum Gasteiger partial charge on any atom is 0.178 e. The van der Waals surface area contributed by atoms with E-state index >= 15 is 0 Å². The summed E-state index contributed by atoms with van der Waals surface area (Å²) in [4.78, 5) is 13.7. The Bertz CT molecular complexity index is 597. The number of aryl methyl sites for hydroxylation is 3. The van der Waals surface area contributed by atoms with E-state index < -0.39 is 0 Å². The molecule has 0 aromatic carbocycles. The van der Waals surface area contributed by atoms with Crippen LogP contribution in [0.4, 0.5) is 0 Å². The van der Waals surface area contributed by atoms with E-state index in [4.69, 9.17) is 0 Å². The molecule has 0 unspecified atom stereocenters. The first-order valence-corrected chi connectivity index (χ1v) is 7.48. The fourth-order valence-corrected chi connectivity index (χ4v) is 2.41. The van der Waals surface area contributed by atoms with Crippen LogP contribution in [-0.2, 0) is 6.42 Å². The Morgan fingerprint density at radius 3 is 2.33 bits per heavy atom. The summed E-state index contributed by atoms with van der Waals surface area (Å²) in [6, 6.07) is 4.48. The molecule has 0 aliphatic heterocycles. The molecule has 0 aliphatic carbocycles. The number of hydrogen-bond acceptors (Lipinski definition) is 4. The number of rotatable bonds is 5. The highest BCUT2D eigenvalue weighted by Crippen LogP contribution is 2.20. The van der Waals surface area contributed by atoms with Gasteiger partial charge in [-0.25, -0.2) is 9.97 Å². The quantitative estimate of drug-likeness (QED) is 0.917. The molecule has 21 heavy (non-hydrogen) atoms. The van der Waals surface area contributed by atoms with Crippen LogP contribution in [0.2, 0.25) is 0 Å². The minimum absolute atomic E-state index is 0.502. The van der Waals surface area contributed by atoms with Crippen LogP contribution in [0.1, 0.15) is 36.4 Å². The van der Waals surface area contributed by atoms with Gasteiger partial charge in [0, 0.05) is 23.6 Å². The van der Waals surface area contributed by atoms with E-state index in [-0.39, 0.29) is 0 Å². The molecule has 0 atom stereocenters. The zero-order chi connectivity index (χ0) is 15.4. The number of pyridine rings is 1. The summed E-state index contributed by atoms with van der Waals surface area (Å²) in [5.74, 6) is 0.726. The summed E-state index contributed by atoms with van der Waals surface area (Å²) in [5, 5.41) is 3.44. The van der Waals surface area contributed by atoms with Crippen LogP contribution in [0.15, 0.2) is 18.3 Å². The highest BCUT2D eigenvalue weighted by atomic mass is 14.9. The first kappa shape index (κ1) is 15.6. The summed E-state index contributed by atoms with van der Waals surface area (Å²) in [7, 11) is 0. The normalized spacial score (nSPS) is 11.1. The SMILES string of the molecule is Cc1cccnc1-c1nc(C)c(CCNC(C)C)c(C)n1. The molecule has 2 aromatic heterocycles. The summed E-state index contributed by atoms with van der Waals surface area (Å²) in [6.07, 6.45) is 2.74. The predicted molar refractivity (Wildman–Crippen MR) is 86.3 cm³/mol. The van der Waals surface area contributed by atoms with Gasteiger partial charge in [0.25, 0.3) is 0 Å². The van der Waals surface area contributed by atoms with Gasteiger partial charge in [0.15, 0.2) is 5.82 Å². The first-order chi connectivity index (χ1) is 9.99. The zero-order valence-electron chi connectivity index (χ0n) is 13.6. The van der Waals surface area contributed by atoms with Crippen molar-refractivity contribution in [3.8, 4) is 11.5 Å². The van der Waals surface area contributed by atoms with Crippen LogP contribution in [0.5, 0.6) is 0 Å². The monoisotopic (exact) mass is 284 g/mol. The molecule has 0 saturated heterocycles. The lowest BCUT2D eigenvalue weighted by atomic mass is 10.1. The highest BCUT2D eigenvalue weighted by molar-refractivity contribution is 5.55. The van der Waals surface area contributed by atoms with Crippen molar-refractivity contribution in [1.29, 1.82) is 0 Å². The minimum Gasteiger partial charge on any atom is -0.314 e. The fourth-order valence-electron chi connectivity index (χ4n) is 2.41. The molecular weight excluding hydrogens is 260 g/mol. The van der Waals surface area contributed by atoms with Gasteiger partial charge in [0.1, 0.15) is 5.69 Å². The smallest absolute Gasteiger partial charge is 0.178 e. The number of hydrogen-bond donors (Lipinski definition) is 1. The fraction of sp³-hybridized carbons (Fsp3) is 0.471. The maximum atomic E-state index is 4.66. The van der Waals surface area contributed by atoms with Crippen LogP contribution < -0.4 is 5.32 Å². The molecule has 0 saturated carbocycles. The molecule has 1 N–H and O–H groups in total. The third-order valence-electron chi connectivity index (χ3n) is 3.57. The molecule has 0 radical (unpaired) electrons. The molecule has 2 aromatic rings. The summed E-state index contributed by atoms with van der Waals surface area (Å²) in [5.41, 5.74) is 5.31. The van der Waals surface area contributed by atoms with Gasteiger partial charge in [-0.15, -0.1) is 0 Å². The lowest BCUT2D eigenvalue weighted by molar-refractivity contribution is 0.587. The zero-order valence-corrected chi connectivity index (χ0v) is 13.6. The Kier molecular flexibility index (Phi) is 5.02. The summed E-state index contributed by atoms with van der Waals surface area (Å²) < 4.78 is 0. The van der Waals surface area contributed by atoms with E-state index in [2.05, 4.69) is 48.0 Å². The van der Waals surface area contributed by atoms with Gasteiger partial charge in [0.2, 0.25) is 0 Å².